The predicted molar refractivity (Wildman–Crippen MR) is 159 cm³/mol. The Morgan fingerprint density at radius 2 is 1.12 bits per heavy atom. The molecule has 0 aromatic carbocycles. The molecule has 304 valence electrons. The summed E-state index contributed by atoms with van der Waals surface area (Å²) >= 11 is 0. The van der Waals surface area contributed by atoms with Gasteiger partial charge in [-0.25, -0.2) is 18.8 Å². The Morgan fingerprint density at radius 3 is 1.50 bits per heavy atom. The number of esters is 1. The summed E-state index contributed by atoms with van der Waals surface area (Å²) in [7, 11) is 0. The van der Waals surface area contributed by atoms with Gasteiger partial charge in [0.25, 0.3) is 0 Å². The lowest BCUT2D eigenvalue weighted by Crippen LogP contribution is -2.67. The highest BCUT2D eigenvalue weighted by Crippen LogP contribution is 2.58. The standard InChI is InChI=1S/C32H46F10O10/c1-10-28(33,16-17(2)11-12-21(43)44)22(45)48-20-14-18(27(9,30(34,35)36)51-23(46)49-25(3,4)5)13-19(15-20)29(31(37,38)39,32(40,41)42)52-24(47)50-26(6,7)8/h17-20H,10-16H2,1-9H3,(H,43,44). The number of rotatable bonds is 12. The van der Waals surface area contributed by atoms with Gasteiger partial charge in [0.2, 0.25) is 11.3 Å². The first-order valence-electron chi connectivity index (χ1n) is 16.2. The minimum Gasteiger partial charge on any atom is -0.481 e. The number of carbonyl (C=O) groups excluding carboxylic acids is 3. The SMILES string of the molecule is CCC(F)(CC(C)CCC(=O)O)C(=O)OC1CC(C(C)(OC(=O)OC(C)(C)C)C(F)(F)F)CC(C(OC(=O)OC(C)(C)C)(C(F)(F)F)C(F)(F)F)C1. The zero-order valence-electron chi connectivity index (χ0n) is 30.2. The van der Waals surface area contributed by atoms with Gasteiger partial charge in [-0.1, -0.05) is 13.8 Å². The van der Waals surface area contributed by atoms with Gasteiger partial charge in [-0.3, -0.25) is 4.79 Å². The quantitative estimate of drug-likeness (QED) is 0.116. The normalized spacial score (nSPS) is 22.2. The van der Waals surface area contributed by atoms with Crippen molar-refractivity contribution < 1.29 is 91.9 Å². The molecule has 0 heterocycles. The molecule has 6 unspecified atom stereocenters. The maximum atomic E-state index is 16.0. The van der Waals surface area contributed by atoms with E-state index in [4.69, 9.17) is 14.6 Å². The third kappa shape index (κ3) is 11.9. The molecule has 1 saturated carbocycles. The largest absolute Gasteiger partial charge is 0.510 e. The second kappa shape index (κ2) is 16.0. The summed E-state index contributed by atoms with van der Waals surface area (Å²) in [6.45, 7) is 9.53. The molecule has 20 heteroatoms. The molecular formula is C32H46F10O10. The third-order valence-corrected chi connectivity index (χ3v) is 8.46. The number of carboxylic acid groups (broad SMARTS) is 1. The summed E-state index contributed by atoms with van der Waals surface area (Å²) in [5.41, 5.74) is -15.7. The van der Waals surface area contributed by atoms with Crippen molar-refractivity contribution in [3.63, 3.8) is 0 Å². The molecule has 0 spiro atoms. The molecule has 1 fully saturated rings. The van der Waals surface area contributed by atoms with Crippen LogP contribution in [0.25, 0.3) is 0 Å². The van der Waals surface area contributed by atoms with E-state index in [0.29, 0.717) is 0 Å². The maximum absolute atomic E-state index is 16.0. The van der Waals surface area contributed by atoms with Crippen molar-refractivity contribution in [2.24, 2.45) is 17.8 Å². The van der Waals surface area contributed by atoms with Gasteiger partial charge in [0.15, 0.2) is 0 Å². The molecule has 0 aliphatic heterocycles. The molecule has 1 rings (SSSR count). The predicted octanol–water partition coefficient (Wildman–Crippen LogP) is 9.41. The Hall–Kier alpha value is -3.22. The molecule has 1 N–H and O–H groups in total. The van der Waals surface area contributed by atoms with Gasteiger partial charge in [0, 0.05) is 18.3 Å². The molecule has 0 saturated heterocycles. The fraction of sp³-hybridized carbons (Fsp3) is 0.875. The molecule has 1 aliphatic carbocycles. The summed E-state index contributed by atoms with van der Waals surface area (Å²) in [5.74, 6) is -9.77. The first kappa shape index (κ1) is 46.8. The van der Waals surface area contributed by atoms with E-state index in [1.807, 2.05) is 0 Å². The van der Waals surface area contributed by atoms with Crippen LogP contribution >= 0.6 is 0 Å². The molecule has 0 amide bonds. The van der Waals surface area contributed by atoms with Crippen LogP contribution in [0.2, 0.25) is 0 Å². The van der Waals surface area contributed by atoms with Gasteiger partial charge in [-0.15, -0.1) is 0 Å². The van der Waals surface area contributed by atoms with Crippen molar-refractivity contribution >= 4 is 24.2 Å². The van der Waals surface area contributed by atoms with Crippen LogP contribution in [0.4, 0.5) is 53.5 Å². The number of carbonyl (C=O) groups is 4. The average Bonchev–Trinajstić information content (AvgIpc) is 2.90. The number of ether oxygens (including phenoxy) is 5. The Kier molecular flexibility index (Phi) is 14.4. The van der Waals surface area contributed by atoms with E-state index in [1.165, 1.54) is 27.7 Å². The second-order valence-electron chi connectivity index (χ2n) is 15.2. The fourth-order valence-corrected chi connectivity index (χ4v) is 5.84. The number of hydrogen-bond donors (Lipinski definition) is 1. The fourth-order valence-electron chi connectivity index (χ4n) is 5.84. The lowest BCUT2D eigenvalue weighted by molar-refractivity contribution is -0.392. The average molecular weight is 781 g/mol. The van der Waals surface area contributed by atoms with E-state index < -0.39 is 133 Å². The Bertz CT molecular complexity index is 1250. The molecular weight excluding hydrogens is 734 g/mol. The van der Waals surface area contributed by atoms with Crippen molar-refractivity contribution in [2.45, 2.75) is 160 Å². The first-order chi connectivity index (χ1) is 23.0. The zero-order chi connectivity index (χ0) is 41.1. The molecule has 10 nitrogen and oxygen atoms in total. The van der Waals surface area contributed by atoms with Crippen molar-refractivity contribution in [3.8, 4) is 0 Å². The molecule has 0 radical (unpaired) electrons. The number of halogens is 10. The molecule has 0 aromatic rings. The Labute approximate surface area is 294 Å². The van der Waals surface area contributed by atoms with Gasteiger partial charge in [0.1, 0.15) is 17.3 Å². The highest BCUT2D eigenvalue weighted by Gasteiger charge is 2.79. The third-order valence-electron chi connectivity index (χ3n) is 8.46. The van der Waals surface area contributed by atoms with E-state index >= 15 is 4.39 Å². The lowest BCUT2D eigenvalue weighted by atomic mass is 9.66. The van der Waals surface area contributed by atoms with Crippen LogP contribution in [0.5, 0.6) is 0 Å². The van der Waals surface area contributed by atoms with Gasteiger partial charge in [0.05, 0.1) is 0 Å². The molecule has 0 bridgehead atoms. The van der Waals surface area contributed by atoms with Crippen LogP contribution in [0, 0.1) is 17.8 Å². The van der Waals surface area contributed by atoms with Crippen LogP contribution in [0.1, 0.15) is 107 Å². The van der Waals surface area contributed by atoms with E-state index in [-0.39, 0.29) is 13.3 Å². The van der Waals surface area contributed by atoms with Crippen molar-refractivity contribution in [1.29, 1.82) is 0 Å². The zero-order valence-corrected chi connectivity index (χ0v) is 30.2. The minimum absolute atomic E-state index is 0.157. The van der Waals surface area contributed by atoms with Gasteiger partial charge < -0.3 is 28.8 Å². The topological polar surface area (TPSA) is 135 Å². The Morgan fingerprint density at radius 1 is 0.673 bits per heavy atom. The number of carboxylic acids is 1. The van der Waals surface area contributed by atoms with Gasteiger partial charge in [-0.05, 0) is 92.9 Å². The summed E-state index contributed by atoms with van der Waals surface area (Å²) < 4.78 is 172. The van der Waals surface area contributed by atoms with E-state index in [2.05, 4.69) is 14.2 Å². The van der Waals surface area contributed by atoms with E-state index in [0.717, 1.165) is 27.7 Å². The monoisotopic (exact) mass is 780 g/mol. The van der Waals surface area contributed by atoms with Crippen molar-refractivity contribution in [1.82, 2.24) is 0 Å². The summed E-state index contributed by atoms with van der Waals surface area (Å²) in [6.07, 6.45) is -32.3. The summed E-state index contributed by atoms with van der Waals surface area (Å²) in [5, 5.41) is 8.91. The highest BCUT2D eigenvalue weighted by atomic mass is 19.4. The van der Waals surface area contributed by atoms with Crippen LogP contribution in [-0.2, 0) is 33.3 Å². The lowest BCUT2D eigenvalue weighted by Gasteiger charge is -2.49. The number of aliphatic carboxylic acids is 1. The van der Waals surface area contributed by atoms with Gasteiger partial charge >= 0.3 is 48.4 Å². The van der Waals surface area contributed by atoms with E-state index in [1.54, 1.807) is 0 Å². The van der Waals surface area contributed by atoms with Crippen molar-refractivity contribution in [3.05, 3.63) is 0 Å². The smallest absolute Gasteiger partial charge is 0.481 e. The second-order valence-corrected chi connectivity index (χ2v) is 15.2. The molecule has 1 aliphatic rings. The first-order valence-corrected chi connectivity index (χ1v) is 16.2. The minimum atomic E-state index is -6.60. The van der Waals surface area contributed by atoms with Gasteiger partial charge in [-0.2, -0.15) is 39.5 Å². The Balaban J connectivity index is 3.96. The molecule has 0 aromatic heterocycles. The van der Waals surface area contributed by atoms with Crippen LogP contribution in [-0.4, -0.2) is 82.1 Å². The van der Waals surface area contributed by atoms with E-state index in [9.17, 15) is 58.7 Å². The van der Waals surface area contributed by atoms with Crippen LogP contribution < -0.4 is 0 Å². The maximum Gasteiger partial charge on any atom is 0.510 e. The highest BCUT2D eigenvalue weighted by molar-refractivity contribution is 5.79. The van der Waals surface area contributed by atoms with Crippen LogP contribution in [0.15, 0.2) is 0 Å². The molecule has 6 atom stereocenters. The number of hydrogen-bond acceptors (Lipinski definition) is 9. The number of alkyl halides is 10. The molecule has 52 heavy (non-hydrogen) atoms. The van der Waals surface area contributed by atoms with Crippen molar-refractivity contribution in [2.75, 3.05) is 0 Å². The summed E-state index contributed by atoms with van der Waals surface area (Å²) in [6, 6.07) is 0. The van der Waals surface area contributed by atoms with Crippen LogP contribution in [0.3, 0.4) is 0 Å². The summed E-state index contributed by atoms with van der Waals surface area (Å²) in [4.78, 5) is 49.1.